The fraction of sp³-hybridized carbons (Fsp3) is 0.0833. The molecule has 0 aliphatic carbocycles. The summed E-state index contributed by atoms with van der Waals surface area (Å²) in [5, 5.41) is 7.00. The lowest BCUT2D eigenvalue weighted by Gasteiger charge is -2.13. The molecule has 0 unspecified atom stereocenters. The van der Waals surface area contributed by atoms with Gasteiger partial charge in [0, 0.05) is 17.1 Å². The number of halogens is 2. The first-order valence-electron chi connectivity index (χ1n) is 9.99. The zero-order valence-electron chi connectivity index (χ0n) is 17.2. The molecule has 1 amide bonds. The van der Waals surface area contributed by atoms with Crippen LogP contribution in [0.1, 0.15) is 21.6 Å². The predicted molar refractivity (Wildman–Crippen MR) is 122 cm³/mol. The van der Waals surface area contributed by atoms with Crippen molar-refractivity contribution in [2.45, 2.75) is 13.1 Å². The molecule has 0 bridgehead atoms. The van der Waals surface area contributed by atoms with E-state index in [0.717, 1.165) is 14.8 Å². The second-order valence-corrected chi connectivity index (χ2v) is 7.61. The van der Waals surface area contributed by atoms with Crippen LogP contribution in [0.3, 0.4) is 0 Å². The molecule has 0 saturated heterocycles. The molecule has 0 fully saturated rings. The number of rotatable bonds is 6. The van der Waals surface area contributed by atoms with Gasteiger partial charge in [0.25, 0.3) is 11.5 Å². The summed E-state index contributed by atoms with van der Waals surface area (Å²) in [5.41, 5.74) is -1.05. The molecule has 7 nitrogen and oxygen atoms in total. The summed E-state index contributed by atoms with van der Waals surface area (Å²) in [7, 11) is 0. The van der Waals surface area contributed by atoms with Gasteiger partial charge in [0.2, 0.25) is 5.69 Å². The van der Waals surface area contributed by atoms with Crippen molar-refractivity contribution in [2.24, 2.45) is 0 Å². The van der Waals surface area contributed by atoms with Gasteiger partial charge in [0.15, 0.2) is 0 Å². The van der Waals surface area contributed by atoms with E-state index in [0.29, 0.717) is 5.02 Å². The van der Waals surface area contributed by atoms with Crippen LogP contribution in [0.2, 0.25) is 5.02 Å². The lowest BCUT2D eigenvalue weighted by atomic mass is 10.2. The maximum absolute atomic E-state index is 14.2. The molecule has 0 radical (unpaired) electrons. The molecule has 4 rings (SSSR count). The number of hydrogen-bond donors (Lipinski definition) is 1. The van der Waals surface area contributed by atoms with Crippen LogP contribution in [0, 0.1) is 5.82 Å². The van der Waals surface area contributed by atoms with E-state index < -0.39 is 28.7 Å². The molecule has 0 aliphatic rings. The SMILES string of the molecule is O=C(NCc1ccccc1)c1nn(-c2cccc(Cl)c2)c(=O)n(Cc2ccccc2F)c1=O. The van der Waals surface area contributed by atoms with E-state index in [1.165, 1.54) is 24.3 Å². The van der Waals surface area contributed by atoms with Crippen LogP contribution >= 0.6 is 11.6 Å². The number of carbonyl (C=O) groups is 1. The Morgan fingerprint density at radius 2 is 1.70 bits per heavy atom. The molecule has 0 spiro atoms. The van der Waals surface area contributed by atoms with Gasteiger partial charge in [0.05, 0.1) is 12.2 Å². The van der Waals surface area contributed by atoms with Crippen LogP contribution in [-0.2, 0) is 13.1 Å². The van der Waals surface area contributed by atoms with E-state index in [9.17, 15) is 18.8 Å². The first kappa shape index (κ1) is 22.2. The standard InChI is InChI=1S/C24H18ClFN4O3/c25-18-10-6-11-19(13-18)30-24(33)29(15-17-9-4-5-12-20(17)26)23(32)21(28-30)22(31)27-14-16-7-2-1-3-8-16/h1-13H,14-15H2,(H,27,31). The van der Waals surface area contributed by atoms with Crippen molar-refractivity contribution in [1.82, 2.24) is 19.7 Å². The lowest BCUT2D eigenvalue weighted by molar-refractivity contribution is 0.0941. The lowest BCUT2D eigenvalue weighted by Crippen LogP contribution is -2.46. The van der Waals surface area contributed by atoms with E-state index in [-0.39, 0.29) is 24.3 Å². The van der Waals surface area contributed by atoms with E-state index in [2.05, 4.69) is 10.4 Å². The Balaban J connectivity index is 1.80. The van der Waals surface area contributed by atoms with Gasteiger partial charge in [-0.1, -0.05) is 66.2 Å². The van der Waals surface area contributed by atoms with Crippen molar-refractivity contribution < 1.29 is 9.18 Å². The van der Waals surface area contributed by atoms with Crippen molar-refractivity contribution in [1.29, 1.82) is 0 Å². The fourth-order valence-electron chi connectivity index (χ4n) is 3.23. The average molecular weight is 465 g/mol. The number of amides is 1. The third-order valence-corrected chi connectivity index (χ3v) is 5.14. The Hall–Kier alpha value is -4.04. The zero-order valence-corrected chi connectivity index (χ0v) is 18.0. The monoisotopic (exact) mass is 464 g/mol. The smallest absolute Gasteiger partial charge is 0.346 e. The Morgan fingerprint density at radius 3 is 2.42 bits per heavy atom. The van der Waals surface area contributed by atoms with Crippen LogP contribution in [0.4, 0.5) is 4.39 Å². The van der Waals surface area contributed by atoms with Crippen LogP contribution in [0.25, 0.3) is 5.69 Å². The van der Waals surface area contributed by atoms with Gasteiger partial charge in [-0.05, 0) is 29.8 Å². The summed E-state index contributed by atoms with van der Waals surface area (Å²) in [6.07, 6.45) is 0. The van der Waals surface area contributed by atoms with Crippen LogP contribution in [-0.4, -0.2) is 20.3 Å². The molecule has 33 heavy (non-hydrogen) atoms. The van der Waals surface area contributed by atoms with E-state index in [1.54, 1.807) is 24.3 Å². The Labute approximate surface area is 192 Å². The topological polar surface area (TPSA) is 86.0 Å². The molecule has 9 heteroatoms. The van der Waals surface area contributed by atoms with E-state index in [1.807, 2.05) is 30.3 Å². The Kier molecular flexibility index (Phi) is 6.46. The summed E-state index contributed by atoms with van der Waals surface area (Å²) >= 11 is 6.05. The van der Waals surface area contributed by atoms with Crippen LogP contribution < -0.4 is 16.6 Å². The minimum Gasteiger partial charge on any atom is -0.346 e. The van der Waals surface area contributed by atoms with Crippen molar-refractivity contribution in [3.05, 3.63) is 127 Å². The second-order valence-electron chi connectivity index (χ2n) is 7.17. The molecule has 1 aromatic heterocycles. The van der Waals surface area contributed by atoms with Crippen molar-refractivity contribution in [2.75, 3.05) is 0 Å². The normalized spacial score (nSPS) is 10.7. The third-order valence-electron chi connectivity index (χ3n) is 4.91. The first-order valence-corrected chi connectivity index (χ1v) is 10.4. The summed E-state index contributed by atoms with van der Waals surface area (Å²) < 4.78 is 15.9. The van der Waals surface area contributed by atoms with Gasteiger partial charge in [0.1, 0.15) is 5.82 Å². The highest BCUT2D eigenvalue weighted by Crippen LogP contribution is 2.13. The highest BCUT2D eigenvalue weighted by Gasteiger charge is 2.21. The summed E-state index contributed by atoms with van der Waals surface area (Å²) in [4.78, 5) is 39.1. The number of nitrogens with one attached hydrogen (secondary N) is 1. The van der Waals surface area contributed by atoms with Gasteiger partial charge in [-0.3, -0.25) is 14.2 Å². The second kappa shape index (κ2) is 9.62. The molecule has 0 atom stereocenters. The third kappa shape index (κ3) is 4.91. The summed E-state index contributed by atoms with van der Waals surface area (Å²) in [6, 6.07) is 21.1. The fourth-order valence-corrected chi connectivity index (χ4v) is 3.42. The molecule has 4 aromatic rings. The molecule has 0 saturated carbocycles. The maximum atomic E-state index is 14.2. The number of nitrogens with zero attached hydrogens (tertiary/aromatic N) is 3. The largest absolute Gasteiger partial charge is 0.352 e. The van der Waals surface area contributed by atoms with E-state index >= 15 is 0 Å². The van der Waals surface area contributed by atoms with Gasteiger partial charge in [-0.15, -0.1) is 0 Å². The minimum absolute atomic E-state index is 0.121. The predicted octanol–water partition coefficient (Wildman–Crippen LogP) is 3.17. The average Bonchev–Trinajstić information content (AvgIpc) is 2.82. The molecule has 1 N–H and O–H groups in total. The van der Waals surface area contributed by atoms with E-state index in [4.69, 9.17) is 11.6 Å². The molecular weight excluding hydrogens is 447 g/mol. The first-order chi connectivity index (χ1) is 15.9. The zero-order chi connectivity index (χ0) is 23.4. The van der Waals surface area contributed by atoms with Gasteiger partial charge in [-0.25, -0.2) is 9.18 Å². The highest BCUT2D eigenvalue weighted by molar-refractivity contribution is 6.30. The van der Waals surface area contributed by atoms with Gasteiger partial charge < -0.3 is 5.32 Å². The molecule has 0 aliphatic heterocycles. The summed E-state index contributed by atoms with van der Waals surface area (Å²) in [5.74, 6) is -1.34. The quantitative estimate of drug-likeness (QED) is 0.475. The van der Waals surface area contributed by atoms with Crippen LogP contribution in [0.15, 0.2) is 88.5 Å². The highest BCUT2D eigenvalue weighted by atomic mass is 35.5. The Morgan fingerprint density at radius 1 is 0.970 bits per heavy atom. The molecule has 1 heterocycles. The molecule has 3 aromatic carbocycles. The van der Waals surface area contributed by atoms with Crippen molar-refractivity contribution in [3.8, 4) is 5.69 Å². The number of carbonyl (C=O) groups excluding carboxylic acids is 1. The van der Waals surface area contributed by atoms with Crippen LogP contribution in [0.5, 0.6) is 0 Å². The number of aromatic nitrogens is 3. The van der Waals surface area contributed by atoms with Crippen molar-refractivity contribution in [3.63, 3.8) is 0 Å². The van der Waals surface area contributed by atoms with Crippen molar-refractivity contribution >= 4 is 17.5 Å². The minimum atomic E-state index is -0.924. The van der Waals surface area contributed by atoms with Gasteiger partial charge >= 0.3 is 5.69 Å². The number of hydrogen-bond acceptors (Lipinski definition) is 4. The number of benzene rings is 3. The molecule has 166 valence electrons. The molecular formula is C24H18ClFN4O3. The Bertz CT molecular complexity index is 1430. The maximum Gasteiger partial charge on any atom is 0.352 e. The van der Waals surface area contributed by atoms with Gasteiger partial charge in [-0.2, -0.15) is 9.78 Å². The summed E-state index contributed by atoms with van der Waals surface area (Å²) in [6.45, 7) is -0.212.